The van der Waals surface area contributed by atoms with Crippen LogP contribution in [0, 0.1) is 0 Å². The van der Waals surface area contributed by atoms with E-state index in [1.807, 2.05) is 48.5 Å². The Labute approximate surface area is 140 Å². The highest BCUT2D eigenvalue weighted by Crippen LogP contribution is 2.38. The first-order valence-corrected chi connectivity index (χ1v) is 8.08. The molecule has 0 aliphatic heterocycles. The number of fused-ring (bicyclic) bond motifs is 1. The van der Waals surface area contributed by atoms with Gasteiger partial charge in [0.15, 0.2) is 0 Å². The van der Waals surface area contributed by atoms with Gasteiger partial charge in [0.2, 0.25) is 0 Å². The first-order valence-electron chi connectivity index (χ1n) is 8.08. The Morgan fingerprint density at radius 2 is 1.71 bits per heavy atom. The van der Waals surface area contributed by atoms with Gasteiger partial charge in [-0.05, 0) is 48.1 Å². The normalized spacial score (nSPS) is 12.8. The number of nitrogens with zero attached hydrogens (tertiary/aromatic N) is 2. The largest absolute Gasteiger partial charge is 0.364 e. The number of hydrogen-bond donors (Lipinski definition) is 1. The molecule has 0 saturated heterocycles. The average molecular weight is 315 g/mol. The van der Waals surface area contributed by atoms with Crippen molar-refractivity contribution >= 4 is 5.91 Å². The molecule has 1 aliphatic carbocycles. The van der Waals surface area contributed by atoms with Gasteiger partial charge in [-0.1, -0.05) is 36.4 Å². The van der Waals surface area contributed by atoms with Crippen LogP contribution in [0.5, 0.6) is 0 Å². The number of nitrogens with two attached hydrogens (primary N) is 1. The lowest BCUT2D eigenvalue weighted by Gasteiger charge is -2.16. The lowest BCUT2D eigenvalue weighted by atomic mass is 9.93. The van der Waals surface area contributed by atoms with E-state index in [2.05, 4.69) is 9.97 Å². The van der Waals surface area contributed by atoms with Crippen LogP contribution in [0.2, 0.25) is 0 Å². The van der Waals surface area contributed by atoms with Gasteiger partial charge in [0.1, 0.15) is 5.69 Å². The smallest absolute Gasteiger partial charge is 0.267 e. The second-order valence-corrected chi connectivity index (χ2v) is 5.94. The molecule has 2 N–H and O–H groups in total. The summed E-state index contributed by atoms with van der Waals surface area (Å²) in [4.78, 5) is 21.2. The van der Waals surface area contributed by atoms with Crippen LogP contribution >= 0.6 is 0 Å². The van der Waals surface area contributed by atoms with Gasteiger partial charge in [-0.25, -0.2) is 4.98 Å². The molecule has 4 rings (SSSR count). The molecule has 24 heavy (non-hydrogen) atoms. The number of rotatable bonds is 3. The van der Waals surface area contributed by atoms with Crippen LogP contribution in [0.4, 0.5) is 0 Å². The van der Waals surface area contributed by atoms with Crippen LogP contribution in [0.25, 0.3) is 22.5 Å². The summed E-state index contributed by atoms with van der Waals surface area (Å²) in [5.74, 6) is -0.499. The summed E-state index contributed by atoms with van der Waals surface area (Å²) in [5, 5.41) is 0. The maximum Gasteiger partial charge on any atom is 0.267 e. The Hall–Kier alpha value is -3.01. The summed E-state index contributed by atoms with van der Waals surface area (Å²) in [5.41, 5.74) is 11.8. The van der Waals surface area contributed by atoms with Crippen molar-refractivity contribution in [3.63, 3.8) is 0 Å². The number of carbonyl (C=O) groups excluding carboxylic acids is 1. The average Bonchev–Trinajstić information content (AvgIpc) is 3.11. The van der Waals surface area contributed by atoms with Gasteiger partial charge in [0.25, 0.3) is 5.91 Å². The van der Waals surface area contributed by atoms with Crippen LogP contribution in [0.1, 0.15) is 28.0 Å². The topological polar surface area (TPSA) is 68.9 Å². The lowest BCUT2D eigenvalue weighted by molar-refractivity contribution is 0.0996. The standard InChI is InChI=1S/C20H17N3O/c21-20(24)19-17(13-7-2-1-3-8-13)14-9-6-10-15(14)18(23-19)16-11-4-5-12-22-16/h1-5,7-8,11-12H,6,9-10H2,(H2,21,24). The van der Waals surface area contributed by atoms with E-state index in [1.54, 1.807) is 6.20 Å². The summed E-state index contributed by atoms with van der Waals surface area (Å²) in [6, 6.07) is 15.6. The zero-order valence-electron chi connectivity index (χ0n) is 13.2. The Morgan fingerprint density at radius 3 is 2.42 bits per heavy atom. The third-order valence-corrected chi connectivity index (χ3v) is 4.47. The molecule has 0 saturated carbocycles. The van der Waals surface area contributed by atoms with Crippen molar-refractivity contribution in [2.24, 2.45) is 5.73 Å². The molecule has 1 amide bonds. The van der Waals surface area contributed by atoms with E-state index in [0.717, 1.165) is 41.8 Å². The zero-order valence-corrected chi connectivity index (χ0v) is 13.2. The highest BCUT2D eigenvalue weighted by molar-refractivity contribution is 6.00. The number of primary amides is 1. The van der Waals surface area contributed by atoms with Gasteiger partial charge in [-0.2, -0.15) is 0 Å². The number of pyridine rings is 2. The predicted octanol–water partition coefficient (Wildman–Crippen LogP) is 3.40. The predicted molar refractivity (Wildman–Crippen MR) is 93.4 cm³/mol. The van der Waals surface area contributed by atoms with Crippen LogP contribution in [-0.4, -0.2) is 15.9 Å². The molecular formula is C20H17N3O. The second-order valence-electron chi connectivity index (χ2n) is 5.94. The number of aromatic nitrogens is 2. The molecule has 2 aromatic heterocycles. The zero-order chi connectivity index (χ0) is 16.5. The van der Waals surface area contributed by atoms with Crippen molar-refractivity contribution in [3.05, 3.63) is 71.5 Å². The third-order valence-electron chi connectivity index (χ3n) is 4.47. The summed E-state index contributed by atoms with van der Waals surface area (Å²) in [6.07, 6.45) is 4.68. The molecule has 4 heteroatoms. The molecule has 0 unspecified atom stereocenters. The van der Waals surface area contributed by atoms with E-state index in [4.69, 9.17) is 5.73 Å². The highest BCUT2D eigenvalue weighted by atomic mass is 16.1. The Morgan fingerprint density at radius 1 is 0.958 bits per heavy atom. The van der Waals surface area contributed by atoms with Crippen LogP contribution in [0.15, 0.2) is 54.7 Å². The third kappa shape index (κ3) is 2.36. The van der Waals surface area contributed by atoms with Crippen LogP contribution in [-0.2, 0) is 12.8 Å². The van der Waals surface area contributed by atoms with E-state index >= 15 is 0 Å². The van der Waals surface area contributed by atoms with E-state index in [0.29, 0.717) is 5.69 Å². The number of carbonyl (C=O) groups is 1. The van der Waals surface area contributed by atoms with Crippen molar-refractivity contribution in [1.29, 1.82) is 0 Å². The van der Waals surface area contributed by atoms with Crippen molar-refractivity contribution in [3.8, 4) is 22.5 Å². The maximum absolute atomic E-state index is 12.1. The lowest BCUT2D eigenvalue weighted by Crippen LogP contribution is -2.17. The first-order chi connectivity index (χ1) is 11.8. The molecule has 1 aliphatic rings. The fraction of sp³-hybridized carbons (Fsp3) is 0.150. The molecule has 1 aromatic carbocycles. The van der Waals surface area contributed by atoms with Crippen molar-refractivity contribution in [1.82, 2.24) is 9.97 Å². The molecule has 0 atom stereocenters. The summed E-state index contributed by atoms with van der Waals surface area (Å²) < 4.78 is 0. The van der Waals surface area contributed by atoms with E-state index in [1.165, 1.54) is 11.1 Å². The molecule has 0 bridgehead atoms. The van der Waals surface area contributed by atoms with Gasteiger partial charge < -0.3 is 5.73 Å². The van der Waals surface area contributed by atoms with Crippen molar-refractivity contribution in [2.75, 3.05) is 0 Å². The number of amides is 1. The highest BCUT2D eigenvalue weighted by Gasteiger charge is 2.27. The Balaban J connectivity index is 2.03. The van der Waals surface area contributed by atoms with E-state index in [-0.39, 0.29) is 0 Å². The van der Waals surface area contributed by atoms with Gasteiger partial charge >= 0.3 is 0 Å². The minimum absolute atomic E-state index is 0.336. The first kappa shape index (κ1) is 14.6. The minimum Gasteiger partial charge on any atom is -0.364 e. The summed E-state index contributed by atoms with van der Waals surface area (Å²) >= 11 is 0. The fourth-order valence-electron chi connectivity index (χ4n) is 3.47. The van der Waals surface area contributed by atoms with Crippen LogP contribution in [0.3, 0.4) is 0 Å². The molecule has 0 fully saturated rings. The fourth-order valence-corrected chi connectivity index (χ4v) is 3.47. The van der Waals surface area contributed by atoms with E-state index in [9.17, 15) is 4.79 Å². The molecule has 0 spiro atoms. The van der Waals surface area contributed by atoms with E-state index < -0.39 is 5.91 Å². The van der Waals surface area contributed by atoms with Gasteiger partial charge in [-0.3, -0.25) is 9.78 Å². The van der Waals surface area contributed by atoms with Crippen molar-refractivity contribution in [2.45, 2.75) is 19.3 Å². The van der Waals surface area contributed by atoms with Crippen molar-refractivity contribution < 1.29 is 4.79 Å². The molecule has 3 aromatic rings. The molecule has 2 heterocycles. The van der Waals surface area contributed by atoms with Gasteiger partial charge in [0, 0.05) is 11.8 Å². The summed E-state index contributed by atoms with van der Waals surface area (Å²) in [7, 11) is 0. The molecule has 118 valence electrons. The SMILES string of the molecule is NC(=O)c1nc(-c2ccccn2)c2c(c1-c1ccccc1)CCC2. The van der Waals surface area contributed by atoms with Gasteiger partial charge in [-0.15, -0.1) is 0 Å². The Bertz CT molecular complexity index is 905. The monoisotopic (exact) mass is 315 g/mol. The van der Waals surface area contributed by atoms with Gasteiger partial charge in [0.05, 0.1) is 11.4 Å². The quantitative estimate of drug-likeness (QED) is 0.805. The summed E-state index contributed by atoms with van der Waals surface area (Å²) in [6.45, 7) is 0. The number of hydrogen-bond acceptors (Lipinski definition) is 3. The Kier molecular flexibility index (Phi) is 3.58. The maximum atomic E-state index is 12.1. The molecular weight excluding hydrogens is 298 g/mol. The molecule has 4 nitrogen and oxygen atoms in total. The minimum atomic E-state index is -0.499. The number of benzene rings is 1. The molecule has 0 radical (unpaired) electrons. The second kappa shape index (κ2) is 5.89. The van der Waals surface area contributed by atoms with Crippen LogP contribution < -0.4 is 5.73 Å².